The standard InChI is InChI=1S/C17H25N3O2/c1-18-17(21)20-12-8-16(9-13-20)22-15-6-4-14(5-7-15)19-10-2-3-11-19/h4-7,16H,2-3,8-13H2,1H3,(H,18,21). The second-order valence-corrected chi connectivity index (χ2v) is 6.05. The number of nitrogens with one attached hydrogen (secondary N) is 1. The number of hydrogen-bond donors (Lipinski definition) is 1. The van der Waals surface area contributed by atoms with Crippen LogP contribution >= 0.6 is 0 Å². The van der Waals surface area contributed by atoms with Gasteiger partial charge in [-0.15, -0.1) is 0 Å². The third kappa shape index (κ3) is 3.46. The molecule has 5 heteroatoms. The van der Waals surface area contributed by atoms with Crippen LogP contribution in [0.25, 0.3) is 0 Å². The van der Waals surface area contributed by atoms with Crippen LogP contribution in [-0.4, -0.2) is 50.3 Å². The molecule has 1 N–H and O–H groups in total. The van der Waals surface area contributed by atoms with Crippen molar-refractivity contribution in [2.45, 2.75) is 31.8 Å². The maximum atomic E-state index is 11.6. The highest BCUT2D eigenvalue weighted by molar-refractivity contribution is 5.73. The number of nitrogens with zero attached hydrogens (tertiary/aromatic N) is 2. The minimum Gasteiger partial charge on any atom is -0.490 e. The van der Waals surface area contributed by atoms with E-state index in [9.17, 15) is 4.79 Å². The molecule has 0 aromatic heterocycles. The van der Waals surface area contributed by atoms with E-state index in [2.05, 4.69) is 34.5 Å². The Labute approximate surface area is 132 Å². The van der Waals surface area contributed by atoms with E-state index in [-0.39, 0.29) is 12.1 Å². The zero-order chi connectivity index (χ0) is 15.4. The number of benzene rings is 1. The SMILES string of the molecule is CNC(=O)N1CCC(Oc2ccc(N3CCCC3)cc2)CC1. The maximum Gasteiger partial charge on any atom is 0.317 e. The van der Waals surface area contributed by atoms with Crippen LogP contribution in [0.2, 0.25) is 0 Å². The summed E-state index contributed by atoms with van der Waals surface area (Å²) in [4.78, 5) is 15.8. The number of ether oxygens (including phenoxy) is 1. The summed E-state index contributed by atoms with van der Waals surface area (Å²) in [5.41, 5.74) is 1.29. The zero-order valence-corrected chi connectivity index (χ0v) is 13.3. The molecule has 1 aromatic rings. The zero-order valence-electron chi connectivity index (χ0n) is 13.3. The molecule has 2 saturated heterocycles. The van der Waals surface area contributed by atoms with Gasteiger partial charge in [0.05, 0.1) is 0 Å². The predicted octanol–water partition coefficient (Wildman–Crippen LogP) is 2.47. The Hall–Kier alpha value is -1.91. The Morgan fingerprint density at radius 3 is 2.32 bits per heavy atom. The van der Waals surface area contributed by atoms with E-state index in [0.29, 0.717) is 0 Å². The molecule has 0 atom stereocenters. The fourth-order valence-corrected chi connectivity index (χ4v) is 3.24. The fourth-order valence-electron chi connectivity index (χ4n) is 3.24. The number of likely N-dealkylation sites (tertiary alicyclic amines) is 1. The molecule has 2 aliphatic heterocycles. The van der Waals surface area contributed by atoms with Crippen LogP contribution in [-0.2, 0) is 0 Å². The molecule has 3 rings (SSSR count). The molecule has 22 heavy (non-hydrogen) atoms. The molecule has 2 aliphatic rings. The minimum atomic E-state index is 0.00779. The summed E-state index contributed by atoms with van der Waals surface area (Å²) in [6.45, 7) is 3.85. The van der Waals surface area contributed by atoms with Gasteiger partial charge in [-0.05, 0) is 37.1 Å². The second-order valence-electron chi connectivity index (χ2n) is 6.05. The molecule has 0 radical (unpaired) electrons. The van der Waals surface area contributed by atoms with Gasteiger partial charge >= 0.3 is 6.03 Å². The maximum absolute atomic E-state index is 11.6. The van der Waals surface area contributed by atoms with Gasteiger partial charge in [0.25, 0.3) is 0 Å². The van der Waals surface area contributed by atoms with E-state index in [4.69, 9.17) is 4.74 Å². The first-order valence-electron chi connectivity index (χ1n) is 8.24. The average molecular weight is 303 g/mol. The quantitative estimate of drug-likeness (QED) is 0.933. The first-order valence-corrected chi connectivity index (χ1v) is 8.24. The smallest absolute Gasteiger partial charge is 0.317 e. The number of piperidine rings is 1. The number of urea groups is 1. The molecule has 0 bridgehead atoms. The summed E-state index contributed by atoms with van der Waals surface area (Å²) in [5.74, 6) is 0.932. The average Bonchev–Trinajstić information content (AvgIpc) is 3.10. The molecule has 1 aromatic carbocycles. The van der Waals surface area contributed by atoms with E-state index in [1.54, 1.807) is 7.05 Å². The summed E-state index contributed by atoms with van der Waals surface area (Å²) in [5, 5.41) is 2.67. The molecule has 5 nitrogen and oxygen atoms in total. The lowest BCUT2D eigenvalue weighted by Gasteiger charge is -2.31. The van der Waals surface area contributed by atoms with Crippen molar-refractivity contribution in [2.75, 3.05) is 38.1 Å². The van der Waals surface area contributed by atoms with Gasteiger partial charge in [0, 0.05) is 51.8 Å². The molecule has 120 valence electrons. The third-order valence-electron chi connectivity index (χ3n) is 4.55. The van der Waals surface area contributed by atoms with Crippen molar-refractivity contribution in [2.24, 2.45) is 0 Å². The van der Waals surface area contributed by atoms with Gasteiger partial charge in [0.15, 0.2) is 0 Å². The van der Waals surface area contributed by atoms with E-state index >= 15 is 0 Å². The molecule has 0 aliphatic carbocycles. The molecule has 2 heterocycles. The largest absolute Gasteiger partial charge is 0.490 e. The van der Waals surface area contributed by atoms with Crippen LogP contribution in [0.1, 0.15) is 25.7 Å². The van der Waals surface area contributed by atoms with Crippen molar-refractivity contribution in [1.82, 2.24) is 10.2 Å². The topological polar surface area (TPSA) is 44.8 Å². The first-order chi connectivity index (χ1) is 10.8. The number of anilines is 1. The summed E-state index contributed by atoms with van der Waals surface area (Å²) in [6, 6.07) is 8.45. The van der Waals surface area contributed by atoms with Crippen molar-refractivity contribution in [3.05, 3.63) is 24.3 Å². The van der Waals surface area contributed by atoms with E-state index in [1.807, 2.05) is 4.90 Å². The van der Waals surface area contributed by atoms with Crippen molar-refractivity contribution in [1.29, 1.82) is 0 Å². The van der Waals surface area contributed by atoms with Crippen LogP contribution in [0, 0.1) is 0 Å². The highest BCUT2D eigenvalue weighted by atomic mass is 16.5. The highest BCUT2D eigenvalue weighted by Gasteiger charge is 2.23. The second kappa shape index (κ2) is 6.90. The van der Waals surface area contributed by atoms with Gasteiger partial charge in [-0.3, -0.25) is 0 Å². The number of hydrogen-bond acceptors (Lipinski definition) is 3. The van der Waals surface area contributed by atoms with Crippen LogP contribution in [0.5, 0.6) is 5.75 Å². The number of amides is 2. The Morgan fingerprint density at radius 1 is 1.09 bits per heavy atom. The number of carbonyl (C=O) groups is 1. The normalized spacial score (nSPS) is 19.3. The van der Waals surface area contributed by atoms with Crippen LogP contribution in [0.4, 0.5) is 10.5 Å². The summed E-state index contributed by atoms with van der Waals surface area (Å²) >= 11 is 0. The third-order valence-corrected chi connectivity index (χ3v) is 4.55. The number of carbonyl (C=O) groups excluding carboxylic acids is 1. The van der Waals surface area contributed by atoms with Crippen LogP contribution in [0.3, 0.4) is 0 Å². The van der Waals surface area contributed by atoms with Gasteiger partial charge in [-0.1, -0.05) is 0 Å². The lowest BCUT2D eigenvalue weighted by molar-refractivity contribution is 0.112. The Balaban J connectivity index is 1.50. The molecule has 2 amide bonds. The molecule has 2 fully saturated rings. The van der Waals surface area contributed by atoms with Gasteiger partial charge in [0.1, 0.15) is 11.9 Å². The molecule has 0 spiro atoms. The lowest BCUT2D eigenvalue weighted by atomic mass is 10.1. The summed E-state index contributed by atoms with van der Waals surface area (Å²) in [7, 11) is 1.67. The number of rotatable bonds is 3. The van der Waals surface area contributed by atoms with E-state index < -0.39 is 0 Å². The van der Waals surface area contributed by atoms with Crippen LogP contribution < -0.4 is 15.0 Å². The van der Waals surface area contributed by atoms with Crippen LogP contribution in [0.15, 0.2) is 24.3 Å². The fraction of sp³-hybridized carbons (Fsp3) is 0.588. The molecular formula is C17H25N3O2. The molecular weight excluding hydrogens is 278 g/mol. The van der Waals surface area contributed by atoms with E-state index in [1.165, 1.54) is 18.5 Å². The van der Waals surface area contributed by atoms with Gasteiger partial charge in [-0.2, -0.15) is 0 Å². The highest BCUT2D eigenvalue weighted by Crippen LogP contribution is 2.25. The summed E-state index contributed by atoms with van der Waals surface area (Å²) in [6.07, 6.45) is 4.57. The Kier molecular flexibility index (Phi) is 4.71. The molecule has 0 unspecified atom stereocenters. The molecule has 0 saturated carbocycles. The van der Waals surface area contributed by atoms with Crippen molar-refractivity contribution < 1.29 is 9.53 Å². The van der Waals surface area contributed by atoms with Crippen molar-refractivity contribution in [3.63, 3.8) is 0 Å². The summed E-state index contributed by atoms with van der Waals surface area (Å²) < 4.78 is 6.06. The Morgan fingerprint density at radius 2 is 1.73 bits per heavy atom. The first kappa shape index (κ1) is 15.0. The van der Waals surface area contributed by atoms with Crippen molar-refractivity contribution >= 4 is 11.7 Å². The van der Waals surface area contributed by atoms with Gasteiger partial charge in [0.2, 0.25) is 0 Å². The van der Waals surface area contributed by atoms with Gasteiger partial charge < -0.3 is 19.9 Å². The Bertz CT molecular complexity index is 489. The minimum absolute atomic E-state index is 0.00779. The van der Waals surface area contributed by atoms with Gasteiger partial charge in [-0.25, -0.2) is 4.79 Å². The monoisotopic (exact) mass is 303 g/mol. The van der Waals surface area contributed by atoms with E-state index in [0.717, 1.165) is 44.8 Å². The lowest BCUT2D eigenvalue weighted by Crippen LogP contribution is -2.45. The predicted molar refractivity (Wildman–Crippen MR) is 87.6 cm³/mol. The van der Waals surface area contributed by atoms with Crippen molar-refractivity contribution in [3.8, 4) is 5.75 Å².